The van der Waals surface area contributed by atoms with Crippen LogP contribution in [0.25, 0.3) is 10.9 Å². The van der Waals surface area contributed by atoms with E-state index in [0.717, 1.165) is 15.4 Å². The molecule has 4 nitrogen and oxygen atoms in total. The van der Waals surface area contributed by atoms with Crippen molar-refractivity contribution in [2.75, 3.05) is 4.90 Å². The van der Waals surface area contributed by atoms with E-state index in [9.17, 15) is 9.90 Å². The zero-order chi connectivity index (χ0) is 14.2. The first-order valence-corrected chi connectivity index (χ1v) is 6.67. The number of pyridine rings is 1. The molecule has 5 heteroatoms. The van der Waals surface area contributed by atoms with Gasteiger partial charge in [-0.2, -0.15) is 0 Å². The molecule has 100 valence electrons. The van der Waals surface area contributed by atoms with E-state index in [-0.39, 0.29) is 0 Å². The molecule has 2 rings (SSSR count). The number of anilines is 1. The fourth-order valence-corrected chi connectivity index (χ4v) is 2.46. The van der Waals surface area contributed by atoms with Crippen LogP contribution in [0.2, 0.25) is 0 Å². The highest BCUT2D eigenvalue weighted by Gasteiger charge is 2.27. The van der Waals surface area contributed by atoms with Crippen LogP contribution in [0.3, 0.4) is 0 Å². The smallest absolute Gasteiger partial charge is 0.412 e. The van der Waals surface area contributed by atoms with E-state index < -0.39 is 11.6 Å². The second-order valence-corrected chi connectivity index (χ2v) is 6.14. The molecule has 0 fully saturated rings. The molecule has 1 N–H and O–H groups in total. The van der Waals surface area contributed by atoms with Crippen molar-refractivity contribution in [1.82, 2.24) is 4.98 Å². The lowest BCUT2D eigenvalue weighted by Crippen LogP contribution is -2.45. The molecule has 0 aliphatic rings. The number of hydrogen-bond donors (Lipinski definition) is 1. The van der Waals surface area contributed by atoms with Crippen molar-refractivity contribution >= 4 is 38.6 Å². The fourth-order valence-electron chi connectivity index (χ4n) is 2.02. The van der Waals surface area contributed by atoms with Crippen molar-refractivity contribution < 1.29 is 9.90 Å². The van der Waals surface area contributed by atoms with Gasteiger partial charge in [0.1, 0.15) is 0 Å². The van der Waals surface area contributed by atoms with E-state index in [1.807, 2.05) is 39.0 Å². The summed E-state index contributed by atoms with van der Waals surface area (Å²) in [4.78, 5) is 17.1. The molecule has 0 saturated carbocycles. The number of fused-ring (bicyclic) bond motifs is 1. The van der Waals surface area contributed by atoms with E-state index in [2.05, 4.69) is 20.9 Å². The van der Waals surface area contributed by atoms with Gasteiger partial charge in [-0.05, 0) is 45.0 Å². The number of carboxylic acid groups (broad SMARTS) is 1. The lowest BCUT2D eigenvalue weighted by atomic mass is 10.0. The number of nitrogens with zero attached hydrogens (tertiary/aromatic N) is 2. The molecular weight excluding hydrogens is 308 g/mol. The lowest BCUT2D eigenvalue weighted by molar-refractivity contribution is 0.195. The van der Waals surface area contributed by atoms with E-state index in [0.29, 0.717) is 5.69 Å². The summed E-state index contributed by atoms with van der Waals surface area (Å²) >= 11 is 3.46. The number of rotatable bonds is 1. The average Bonchev–Trinajstić information content (AvgIpc) is 2.28. The molecule has 2 aromatic rings. The Morgan fingerprint density at radius 3 is 2.58 bits per heavy atom. The molecule has 1 amide bonds. The standard InChI is InChI=1S/C14H15BrN2O2/c1-14(2,3)17(13(18)19)9-4-5-12-10(8-9)11(15)6-7-16-12/h4-8H,1-3H3,(H,18,19). The molecule has 0 aliphatic heterocycles. The van der Waals surface area contributed by atoms with Gasteiger partial charge in [0.05, 0.1) is 5.52 Å². The Balaban J connectivity index is 2.62. The van der Waals surface area contributed by atoms with E-state index in [1.165, 1.54) is 4.90 Å². The van der Waals surface area contributed by atoms with Gasteiger partial charge in [0.25, 0.3) is 0 Å². The molecule has 0 bridgehead atoms. The summed E-state index contributed by atoms with van der Waals surface area (Å²) in [5, 5.41) is 10.3. The number of amides is 1. The van der Waals surface area contributed by atoms with Crippen LogP contribution in [0.15, 0.2) is 34.9 Å². The van der Waals surface area contributed by atoms with Crippen molar-refractivity contribution in [2.24, 2.45) is 0 Å². The SMILES string of the molecule is CC(C)(C)N(C(=O)O)c1ccc2nccc(Br)c2c1. The third-order valence-corrected chi connectivity index (χ3v) is 3.48. The molecule has 1 aromatic heterocycles. The van der Waals surface area contributed by atoms with E-state index in [1.54, 1.807) is 12.3 Å². The molecule has 1 aromatic carbocycles. The lowest BCUT2D eigenvalue weighted by Gasteiger charge is -2.33. The minimum Gasteiger partial charge on any atom is -0.465 e. The third-order valence-electron chi connectivity index (χ3n) is 2.79. The van der Waals surface area contributed by atoms with Crippen molar-refractivity contribution in [2.45, 2.75) is 26.3 Å². The maximum atomic E-state index is 11.5. The van der Waals surface area contributed by atoms with Gasteiger partial charge in [-0.25, -0.2) is 4.79 Å². The first kappa shape index (κ1) is 13.8. The van der Waals surface area contributed by atoms with Crippen LogP contribution in [-0.2, 0) is 0 Å². The zero-order valence-corrected chi connectivity index (χ0v) is 12.6. The maximum absolute atomic E-state index is 11.5. The van der Waals surface area contributed by atoms with Crippen LogP contribution in [0, 0.1) is 0 Å². The summed E-state index contributed by atoms with van der Waals surface area (Å²) in [7, 11) is 0. The summed E-state index contributed by atoms with van der Waals surface area (Å²) in [5.41, 5.74) is 0.965. The molecule has 0 aliphatic carbocycles. The van der Waals surface area contributed by atoms with Crippen LogP contribution in [-0.4, -0.2) is 21.7 Å². The Bertz CT molecular complexity index is 635. The van der Waals surface area contributed by atoms with E-state index >= 15 is 0 Å². The normalized spacial score (nSPS) is 11.6. The van der Waals surface area contributed by atoms with Gasteiger partial charge in [-0.1, -0.05) is 15.9 Å². The summed E-state index contributed by atoms with van der Waals surface area (Å²) in [5.74, 6) is 0. The van der Waals surface area contributed by atoms with Crippen molar-refractivity contribution in [3.63, 3.8) is 0 Å². The minimum absolute atomic E-state index is 0.506. The van der Waals surface area contributed by atoms with Gasteiger partial charge in [-0.15, -0.1) is 0 Å². The van der Waals surface area contributed by atoms with Crippen molar-refractivity contribution in [3.8, 4) is 0 Å². The molecule has 19 heavy (non-hydrogen) atoms. The van der Waals surface area contributed by atoms with Crippen LogP contribution in [0.1, 0.15) is 20.8 Å². The minimum atomic E-state index is -0.966. The maximum Gasteiger partial charge on any atom is 0.412 e. The van der Waals surface area contributed by atoms with Crippen molar-refractivity contribution in [1.29, 1.82) is 0 Å². The predicted octanol–water partition coefficient (Wildman–Crippen LogP) is 4.28. The van der Waals surface area contributed by atoms with Crippen molar-refractivity contribution in [3.05, 3.63) is 34.9 Å². The zero-order valence-electron chi connectivity index (χ0n) is 11.0. The van der Waals surface area contributed by atoms with Gasteiger partial charge in [0.15, 0.2) is 0 Å². The molecular formula is C14H15BrN2O2. The van der Waals surface area contributed by atoms with Gasteiger partial charge in [0, 0.05) is 27.3 Å². The number of benzene rings is 1. The van der Waals surface area contributed by atoms with Gasteiger partial charge < -0.3 is 5.11 Å². The largest absolute Gasteiger partial charge is 0.465 e. The third kappa shape index (κ3) is 2.71. The summed E-state index contributed by atoms with van der Waals surface area (Å²) in [6, 6.07) is 7.29. The van der Waals surface area contributed by atoms with Gasteiger partial charge >= 0.3 is 6.09 Å². The molecule has 1 heterocycles. The molecule has 0 spiro atoms. The summed E-state index contributed by atoms with van der Waals surface area (Å²) in [6.45, 7) is 5.59. The molecule has 0 atom stereocenters. The average molecular weight is 323 g/mol. The Morgan fingerprint density at radius 1 is 1.32 bits per heavy atom. The molecule has 0 radical (unpaired) electrons. The van der Waals surface area contributed by atoms with Crippen LogP contribution >= 0.6 is 15.9 Å². The highest BCUT2D eigenvalue weighted by Crippen LogP contribution is 2.30. The monoisotopic (exact) mass is 322 g/mol. The number of hydrogen-bond acceptors (Lipinski definition) is 2. The Kier molecular flexibility index (Phi) is 3.49. The van der Waals surface area contributed by atoms with Crippen LogP contribution in [0.5, 0.6) is 0 Å². The van der Waals surface area contributed by atoms with Crippen LogP contribution in [0.4, 0.5) is 10.5 Å². The van der Waals surface area contributed by atoms with Gasteiger partial charge in [-0.3, -0.25) is 9.88 Å². The predicted molar refractivity (Wildman–Crippen MR) is 79.7 cm³/mol. The van der Waals surface area contributed by atoms with Gasteiger partial charge in [0.2, 0.25) is 0 Å². The second kappa shape index (κ2) is 4.81. The first-order valence-electron chi connectivity index (χ1n) is 5.88. The first-order chi connectivity index (χ1) is 8.80. The summed E-state index contributed by atoms with van der Waals surface area (Å²) in [6.07, 6.45) is 0.747. The molecule has 0 saturated heterocycles. The second-order valence-electron chi connectivity index (χ2n) is 5.28. The Morgan fingerprint density at radius 2 is 2.00 bits per heavy atom. The Hall–Kier alpha value is -1.62. The van der Waals surface area contributed by atoms with Crippen LogP contribution < -0.4 is 4.90 Å². The summed E-state index contributed by atoms with van der Waals surface area (Å²) < 4.78 is 0.901. The quantitative estimate of drug-likeness (QED) is 0.852. The highest BCUT2D eigenvalue weighted by atomic mass is 79.9. The van der Waals surface area contributed by atoms with E-state index in [4.69, 9.17) is 0 Å². The Labute approximate surface area is 120 Å². The number of halogens is 1. The number of aromatic nitrogens is 1. The number of carbonyl (C=O) groups is 1. The highest BCUT2D eigenvalue weighted by molar-refractivity contribution is 9.10. The fraction of sp³-hybridized carbons (Fsp3) is 0.286. The molecule has 0 unspecified atom stereocenters. The topological polar surface area (TPSA) is 53.4 Å².